The third kappa shape index (κ3) is 3.92. The van der Waals surface area contributed by atoms with Gasteiger partial charge in [0.25, 0.3) is 0 Å². The predicted molar refractivity (Wildman–Crippen MR) is 97.5 cm³/mol. The molecule has 3 rings (SSSR count). The Morgan fingerprint density at radius 1 is 1.27 bits per heavy atom. The van der Waals surface area contributed by atoms with E-state index < -0.39 is 0 Å². The van der Waals surface area contributed by atoms with Crippen molar-refractivity contribution >= 4 is 11.8 Å². The lowest BCUT2D eigenvalue weighted by Gasteiger charge is -2.57. The van der Waals surface area contributed by atoms with Gasteiger partial charge in [-0.05, 0) is 39.5 Å². The summed E-state index contributed by atoms with van der Waals surface area (Å²) in [4.78, 5) is 28.0. The van der Waals surface area contributed by atoms with Crippen LogP contribution in [0.15, 0.2) is 4.52 Å². The average molecular weight is 362 g/mol. The number of carbonyl (C=O) groups excluding carboxylic acids is 2. The minimum absolute atomic E-state index is 0.0428. The molecule has 3 heterocycles. The number of carbonyl (C=O) groups is 2. The first-order chi connectivity index (χ1) is 12.4. The molecule has 26 heavy (non-hydrogen) atoms. The highest BCUT2D eigenvalue weighted by Crippen LogP contribution is 2.40. The molecule has 7 heteroatoms. The van der Waals surface area contributed by atoms with Gasteiger partial charge in [-0.2, -0.15) is 0 Å². The zero-order valence-corrected chi connectivity index (χ0v) is 16.1. The van der Waals surface area contributed by atoms with Crippen LogP contribution in [0.1, 0.15) is 56.0 Å². The van der Waals surface area contributed by atoms with E-state index in [4.69, 9.17) is 4.52 Å². The molecule has 2 amide bonds. The Morgan fingerprint density at radius 2 is 2.08 bits per heavy atom. The number of hydrogen-bond acceptors (Lipinski definition) is 5. The van der Waals surface area contributed by atoms with Gasteiger partial charge < -0.3 is 14.7 Å². The number of aryl methyl sites for hydroxylation is 2. The number of likely N-dealkylation sites (tertiary alicyclic amines) is 2. The first kappa shape index (κ1) is 18.9. The SMILES string of the molecule is CC(=O)NCCCC(=O)N1CCC[C@@]2(CCN2Cc2c(C)noc2C)C1. The summed E-state index contributed by atoms with van der Waals surface area (Å²) in [6.45, 7) is 9.60. The summed E-state index contributed by atoms with van der Waals surface area (Å²) in [5.74, 6) is 1.06. The van der Waals surface area contributed by atoms with Crippen molar-refractivity contribution < 1.29 is 14.1 Å². The minimum atomic E-state index is -0.0428. The van der Waals surface area contributed by atoms with Crippen LogP contribution in [0.3, 0.4) is 0 Å². The normalized spacial score (nSPS) is 23.1. The van der Waals surface area contributed by atoms with Gasteiger partial charge in [0.05, 0.1) is 5.69 Å². The van der Waals surface area contributed by atoms with Crippen LogP contribution in [0.25, 0.3) is 0 Å². The van der Waals surface area contributed by atoms with E-state index in [1.165, 1.54) is 12.5 Å². The first-order valence-electron chi connectivity index (χ1n) is 9.60. The van der Waals surface area contributed by atoms with Crippen LogP contribution in [0.4, 0.5) is 0 Å². The molecule has 1 aromatic heterocycles. The number of hydrogen-bond donors (Lipinski definition) is 1. The van der Waals surface area contributed by atoms with Crippen molar-refractivity contribution in [2.45, 2.75) is 65.0 Å². The lowest BCUT2D eigenvalue weighted by atomic mass is 9.77. The van der Waals surface area contributed by atoms with Crippen molar-refractivity contribution in [3.63, 3.8) is 0 Å². The van der Waals surface area contributed by atoms with E-state index in [1.54, 1.807) is 0 Å². The fraction of sp³-hybridized carbons (Fsp3) is 0.737. The van der Waals surface area contributed by atoms with Gasteiger partial charge in [-0.1, -0.05) is 5.16 Å². The molecule has 1 atom stereocenters. The standard InChI is InChI=1S/C19H30N4O3/c1-14-17(15(2)26-21-14)12-23-11-8-19(23)7-5-10-22(13-19)18(25)6-4-9-20-16(3)24/h4-13H2,1-3H3,(H,20,24)/t19-/m1/s1. The quantitative estimate of drug-likeness (QED) is 0.781. The largest absolute Gasteiger partial charge is 0.361 e. The van der Waals surface area contributed by atoms with E-state index in [9.17, 15) is 9.59 Å². The fourth-order valence-electron chi connectivity index (χ4n) is 4.20. The summed E-state index contributed by atoms with van der Waals surface area (Å²) in [6.07, 6.45) is 4.54. The molecule has 1 N–H and O–H groups in total. The lowest BCUT2D eigenvalue weighted by molar-refractivity contribution is -0.141. The summed E-state index contributed by atoms with van der Waals surface area (Å²) in [7, 11) is 0. The molecule has 0 unspecified atom stereocenters. The van der Waals surface area contributed by atoms with Gasteiger partial charge in [0, 0.05) is 57.2 Å². The zero-order chi connectivity index (χ0) is 18.7. The highest BCUT2D eigenvalue weighted by Gasteiger charge is 2.48. The molecular weight excluding hydrogens is 332 g/mol. The fourth-order valence-corrected chi connectivity index (χ4v) is 4.20. The van der Waals surface area contributed by atoms with Crippen molar-refractivity contribution in [1.82, 2.24) is 20.3 Å². The molecule has 2 fully saturated rings. The van der Waals surface area contributed by atoms with Crippen LogP contribution in [-0.4, -0.2) is 58.5 Å². The van der Waals surface area contributed by atoms with E-state index in [1.807, 2.05) is 18.7 Å². The van der Waals surface area contributed by atoms with Gasteiger partial charge >= 0.3 is 0 Å². The van der Waals surface area contributed by atoms with Gasteiger partial charge in [-0.15, -0.1) is 0 Å². The second kappa shape index (κ2) is 7.78. The molecule has 2 aliphatic rings. The maximum Gasteiger partial charge on any atom is 0.222 e. The van der Waals surface area contributed by atoms with Crippen LogP contribution < -0.4 is 5.32 Å². The molecule has 7 nitrogen and oxygen atoms in total. The monoisotopic (exact) mass is 362 g/mol. The smallest absolute Gasteiger partial charge is 0.222 e. The van der Waals surface area contributed by atoms with Crippen molar-refractivity contribution in [2.24, 2.45) is 0 Å². The summed E-state index contributed by atoms with van der Waals surface area (Å²) >= 11 is 0. The molecule has 1 spiro atoms. The Labute approximate surface area is 155 Å². The zero-order valence-electron chi connectivity index (χ0n) is 16.1. The summed E-state index contributed by atoms with van der Waals surface area (Å²) in [6, 6.07) is 0. The maximum atomic E-state index is 12.6. The van der Waals surface area contributed by atoms with Gasteiger partial charge in [0.1, 0.15) is 5.76 Å². The highest BCUT2D eigenvalue weighted by molar-refractivity contribution is 5.76. The maximum absolute atomic E-state index is 12.6. The Kier molecular flexibility index (Phi) is 5.65. The van der Waals surface area contributed by atoms with Crippen molar-refractivity contribution in [3.8, 4) is 0 Å². The van der Waals surface area contributed by atoms with Crippen LogP contribution >= 0.6 is 0 Å². The number of aromatic nitrogens is 1. The number of amides is 2. The molecule has 0 aromatic carbocycles. The van der Waals surface area contributed by atoms with Gasteiger partial charge in [-0.3, -0.25) is 14.5 Å². The number of nitrogens with zero attached hydrogens (tertiary/aromatic N) is 3. The number of nitrogens with one attached hydrogen (secondary N) is 1. The van der Waals surface area contributed by atoms with Crippen LogP contribution in [0.5, 0.6) is 0 Å². The molecule has 1 aromatic rings. The molecule has 0 bridgehead atoms. The predicted octanol–water partition coefficient (Wildman–Crippen LogP) is 1.77. The lowest BCUT2D eigenvalue weighted by Crippen LogP contribution is -2.67. The van der Waals surface area contributed by atoms with Crippen LogP contribution in [0.2, 0.25) is 0 Å². The van der Waals surface area contributed by atoms with Gasteiger partial charge in [0.15, 0.2) is 0 Å². The van der Waals surface area contributed by atoms with E-state index in [2.05, 4.69) is 15.4 Å². The Morgan fingerprint density at radius 3 is 2.69 bits per heavy atom. The topological polar surface area (TPSA) is 78.7 Å². The molecule has 0 radical (unpaired) electrons. The first-order valence-corrected chi connectivity index (χ1v) is 9.60. The van der Waals surface area contributed by atoms with E-state index in [0.717, 1.165) is 56.9 Å². The molecule has 2 aliphatic heterocycles. The Hall–Kier alpha value is -1.89. The number of rotatable bonds is 6. The van der Waals surface area contributed by atoms with Crippen molar-refractivity contribution in [3.05, 3.63) is 17.0 Å². The van der Waals surface area contributed by atoms with E-state index in [0.29, 0.717) is 19.4 Å². The van der Waals surface area contributed by atoms with Crippen LogP contribution in [-0.2, 0) is 16.1 Å². The van der Waals surface area contributed by atoms with E-state index >= 15 is 0 Å². The Balaban J connectivity index is 1.55. The molecule has 0 saturated carbocycles. The average Bonchev–Trinajstić information content (AvgIpc) is 2.93. The summed E-state index contributed by atoms with van der Waals surface area (Å²) in [5.41, 5.74) is 2.26. The molecule has 2 saturated heterocycles. The minimum Gasteiger partial charge on any atom is -0.361 e. The number of piperidine rings is 1. The third-order valence-electron chi connectivity index (χ3n) is 5.90. The Bertz CT molecular complexity index is 652. The molecule has 144 valence electrons. The third-order valence-corrected chi connectivity index (χ3v) is 5.90. The van der Waals surface area contributed by atoms with Crippen molar-refractivity contribution in [1.29, 1.82) is 0 Å². The molecule has 0 aliphatic carbocycles. The second-order valence-corrected chi connectivity index (χ2v) is 7.70. The van der Waals surface area contributed by atoms with Gasteiger partial charge in [0.2, 0.25) is 11.8 Å². The van der Waals surface area contributed by atoms with E-state index in [-0.39, 0.29) is 17.4 Å². The highest BCUT2D eigenvalue weighted by atomic mass is 16.5. The molecular formula is C19H30N4O3. The summed E-state index contributed by atoms with van der Waals surface area (Å²) in [5, 5.41) is 6.81. The van der Waals surface area contributed by atoms with Gasteiger partial charge in [-0.25, -0.2) is 0 Å². The van der Waals surface area contributed by atoms with Crippen LogP contribution in [0, 0.1) is 13.8 Å². The van der Waals surface area contributed by atoms with Crippen molar-refractivity contribution in [2.75, 3.05) is 26.2 Å². The second-order valence-electron chi connectivity index (χ2n) is 7.70. The summed E-state index contributed by atoms with van der Waals surface area (Å²) < 4.78 is 5.30.